The van der Waals surface area contributed by atoms with Crippen molar-refractivity contribution in [2.75, 3.05) is 5.32 Å². The maximum absolute atomic E-state index is 13.0. The summed E-state index contributed by atoms with van der Waals surface area (Å²) < 4.78 is 3.47. The molecule has 1 N–H and O–H groups in total. The molecule has 0 aliphatic heterocycles. The van der Waals surface area contributed by atoms with Gasteiger partial charge in [-0.05, 0) is 55.5 Å². The van der Waals surface area contributed by atoms with Crippen molar-refractivity contribution < 1.29 is 4.79 Å². The SMILES string of the molecule is CCc1cccc(CC)c1NC(=O)CCn1c(=O)cc(C)c2c(C)nn(-c3ccccc3)c21. The first kappa shape index (κ1) is 22.5. The summed E-state index contributed by atoms with van der Waals surface area (Å²) in [5.74, 6) is -0.103. The zero-order chi connectivity index (χ0) is 23.5. The van der Waals surface area contributed by atoms with E-state index in [2.05, 4.69) is 19.2 Å². The Labute approximate surface area is 193 Å². The van der Waals surface area contributed by atoms with Crippen LogP contribution in [0.2, 0.25) is 0 Å². The van der Waals surface area contributed by atoms with Gasteiger partial charge in [0.1, 0.15) is 5.65 Å². The number of para-hydroxylation sites is 2. The highest BCUT2D eigenvalue weighted by molar-refractivity contribution is 5.92. The van der Waals surface area contributed by atoms with Crippen molar-refractivity contribution in [2.24, 2.45) is 0 Å². The van der Waals surface area contributed by atoms with E-state index in [-0.39, 0.29) is 24.4 Å². The second kappa shape index (κ2) is 9.45. The average Bonchev–Trinajstić information content (AvgIpc) is 3.17. The summed E-state index contributed by atoms with van der Waals surface area (Å²) in [6, 6.07) is 17.5. The van der Waals surface area contributed by atoms with Crippen LogP contribution < -0.4 is 10.9 Å². The van der Waals surface area contributed by atoms with Gasteiger partial charge >= 0.3 is 0 Å². The number of fused-ring (bicyclic) bond motifs is 1. The molecule has 33 heavy (non-hydrogen) atoms. The topological polar surface area (TPSA) is 68.9 Å². The molecule has 0 bridgehead atoms. The lowest BCUT2D eigenvalue weighted by Crippen LogP contribution is -2.25. The van der Waals surface area contributed by atoms with E-state index in [0.717, 1.165) is 57.6 Å². The summed E-state index contributed by atoms with van der Waals surface area (Å²) in [5, 5.41) is 8.77. The van der Waals surface area contributed by atoms with Crippen molar-refractivity contribution in [1.82, 2.24) is 14.3 Å². The molecular formula is C27H30N4O2. The highest BCUT2D eigenvalue weighted by Crippen LogP contribution is 2.25. The summed E-state index contributed by atoms with van der Waals surface area (Å²) in [7, 11) is 0. The van der Waals surface area contributed by atoms with Crippen molar-refractivity contribution in [3.63, 3.8) is 0 Å². The van der Waals surface area contributed by atoms with Gasteiger partial charge in [-0.25, -0.2) is 4.68 Å². The number of nitrogens with one attached hydrogen (secondary N) is 1. The van der Waals surface area contributed by atoms with Crippen LogP contribution in [-0.2, 0) is 24.2 Å². The van der Waals surface area contributed by atoms with E-state index in [1.165, 1.54) is 0 Å². The number of rotatable bonds is 7. The number of aryl methyl sites for hydroxylation is 5. The quantitative estimate of drug-likeness (QED) is 0.440. The van der Waals surface area contributed by atoms with Crippen LogP contribution in [0.4, 0.5) is 5.69 Å². The van der Waals surface area contributed by atoms with Gasteiger partial charge in [0.25, 0.3) is 5.56 Å². The molecular weight excluding hydrogens is 412 g/mol. The van der Waals surface area contributed by atoms with Crippen LogP contribution in [0, 0.1) is 13.8 Å². The van der Waals surface area contributed by atoms with E-state index in [1.807, 2.05) is 62.4 Å². The second-order valence-electron chi connectivity index (χ2n) is 8.31. The molecule has 2 heterocycles. The van der Waals surface area contributed by atoms with Gasteiger partial charge in [-0.15, -0.1) is 0 Å². The molecule has 0 radical (unpaired) electrons. The van der Waals surface area contributed by atoms with Gasteiger partial charge < -0.3 is 5.32 Å². The fourth-order valence-corrected chi connectivity index (χ4v) is 4.45. The first-order valence-electron chi connectivity index (χ1n) is 11.5. The Hall–Kier alpha value is -3.67. The lowest BCUT2D eigenvalue weighted by molar-refractivity contribution is -0.116. The zero-order valence-electron chi connectivity index (χ0n) is 19.7. The van der Waals surface area contributed by atoms with Crippen molar-refractivity contribution in [2.45, 2.75) is 53.5 Å². The molecule has 0 spiro atoms. The average molecular weight is 443 g/mol. The van der Waals surface area contributed by atoms with Gasteiger partial charge in [0.05, 0.1) is 11.4 Å². The third-order valence-corrected chi connectivity index (χ3v) is 6.12. The minimum absolute atomic E-state index is 0.103. The summed E-state index contributed by atoms with van der Waals surface area (Å²) in [6.45, 7) is 8.32. The highest BCUT2D eigenvalue weighted by atomic mass is 16.2. The molecule has 1 amide bonds. The highest BCUT2D eigenvalue weighted by Gasteiger charge is 2.18. The maximum atomic E-state index is 13.0. The van der Waals surface area contributed by atoms with Crippen LogP contribution in [0.3, 0.4) is 0 Å². The monoisotopic (exact) mass is 442 g/mol. The van der Waals surface area contributed by atoms with Gasteiger partial charge in [-0.1, -0.05) is 50.2 Å². The molecule has 2 aromatic heterocycles. The summed E-state index contributed by atoms with van der Waals surface area (Å²) >= 11 is 0. The molecule has 170 valence electrons. The maximum Gasteiger partial charge on any atom is 0.252 e. The fraction of sp³-hybridized carbons (Fsp3) is 0.296. The molecule has 0 fully saturated rings. The van der Waals surface area contributed by atoms with E-state index in [9.17, 15) is 9.59 Å². The largest absolute Gasteiger partial charge is 0.326 e. The number of aromatic nitrogens is 3. The lowest BCUT2D eigenvalue weighted by atomic mass is 10.0. The predicted octanol–water partition coefficient (Wildman–Crippen LogP) is 4.96. The van der Waals surface area contributed by atoms with E-state index in [1.54, 1.807) is 15.3 Å². The normalized spacial score (nSPS) is 11.2. The van der Waals surface area contributed by atoms with E-state index >= 15 is 0 Å². The minimum Gasteiger partial charge on any atom is -0.326 e. The van der Waals surface area contributed by atoms with Crippen molar-refractivity contribution in [3.8, 4) is 5.69 Å². The van der Waals surface area contributed by atoms with Crippen LogP contribution in [0.15, 0.2) is 59.4 Å². The number of nitrogens with zero attached hydrogens (tertiary/aromatic N) is 3. The molecule has 2 aromatic carbocycles. The predicted molar refractivity (Wildman–Crippen MR) is 133 cm³/mol. The Morgan fingerprint density at radius 3 is 2.27 bits per heavy atom. The standard InChI is InChI=1S/C27H30N4O2/c1-5-20-11-10-12-21(6-2)26(20)28-23(32)15-16-30-24(33)17-18(3)25-19(4)29-31(27(25)30)22-13-8-7-9-14-22/h7-14,17H,5-6,15-16H2,1-4H3,(H,28,32). The Morgan fingerprint density at radius 1 is 0.970 bits per heavy atom. The molecule has 0 aliphatic carbocycles. The summed E-state index contributed by atoms with van der Waals surface area (Å²) in [6.07, 6.45) is 1.88. The van der Waals surface area contributed by atoms with Crippen LogP contribution in [0.25, 0.3) is 16.7 Å². The third kappa shape index (κ3) is 4.33. The number of hydrogen-bond acceptors (Lipinski definition) is 3. The van der Waals surface area contributed by atoms with Crippen LogP contribution in [-0.4, -0.2) is 20.3 Å². The van der Waals surface area contributed by atoms with Gasteiger partial charge in [-0.3, -0.25) is 14.2 Å². The fourth-order valence-electron chi connectivity index (χ4n) is 4.45. The summed E-state index contributed by atoms with van der Waals surface area (Å²) in [4.78, 5) is 26.0. The molecule has 0 saturated carbocycles. The van der Waals surface area contributed by atoms with Crippen LogP contribution in [0.1, 0.15) is 42.7 Å². The van der Waals surface area contributed by atoms with Crippen molar-refractivity contribution in [1.29, 1.82) is 0 Å². The van der Waals surface area contributed by atoms with Crippen molar-refractivity contribution >= 4 is 22.6 Å². The Morgan fingerprint density at radius 2 is 1.64 bits per heavy atom. The van der Waals surface area contributed by atoms with Gasteiger partial charge in [-0.2, -0.15) is 5.10 Å². The van der Waals surface area contributed by atoms with Gasteiger partial charge in [0.15, 0.2) is 0 Å². The molecule has 4 aromatic rings. The molecule has 0 unspecified atom stereocenters. The molecule has 0 saturated heterocycles. The first-order chi connectivity index (χ1) is 15.9. The molecule has 6 heteroatoms. The van der Waals surface area contributed by atoms with E-state index in [4.69, 9.17) is 5.10 Å². The lowest BCUT2D eigenvalue weighted by Gasteiger charge is -2.15. The number of benzene rings is 2. The number of pyridine rings is 1. The number of carbonyl (C=O) groups is 1. The number of anilines is 1. The van der Waals surface area contributed by atoms with Crippen LogP contribution >= 0.6 is 0 Å². The first-order valence-corrected chi connectivity index (χ1v) is 11.5. The van der Waals surface area contributed by atoms with E-state index in [0.29, 0.717) is 0 Å². The molecule has 4 rings (SSSR count). The third-order valence-electron chi connectivity index (χ3n) is 6.12. The smallest absolute Gasteiger partial charge is 0.252 e. The van der Waals surface area contributed by atoms with Crippen molar-refractivity contribution in [3.05, 3.63) is 87.3 Å². The van der Waals surface area contributed by atoms with E-state index < -0.39 is 0 Å². The number of amides is 1. The van der Waals surface area contributed by atoms with Gasteiger partial charge in [0.2, 0.25) is 5.91 Å². The summed E-state index contributed by atoms with van der Waals surface area (Å²) in [5.41, 5.74) is 6.36. The number of carbonyl (C=O) groups excluding carboxylic acids is 1. The van der Waals surface area contributed by atoms with Gasteiger partial charge in [0, 0.05) is 30.1 Å². The number of hydrogen-bond donors (Lipinski definition) is 1. The molecule has 0 atom stereocenters. The molecule has 0 aliphatic rings. The minimum atomic E-state index is -0.131. The Bertz CT molecular complexity index is 1340. The Balaban J connectivity index is 1.69. The Kier molecular flexibility index (Phi) is 6.45. The second-order valence-corrected chi connectivity index (χ2v) is 8.31. The van der Waals surface area contributed by atoms with Crippen LogP contribution in [0.5, 0.6) is 0 Å². The molecule has 6 nitrogen and oxygen atoms in total. The zero-order valence-corrected chi connectivity index (χ0v) is 19.7.